The zero-order valence-corrected chi connectivity index (χ0v) is 9.29. The smallest absolute Gasteiger partial charge is 0.321 e. The number of aromatic nitrogens is 2. The molecule has 1 aromatic rings. The normalized spacial score (nSPS) is 21.1. The van der Waals surface area contributed by atoms with Gasteiger partial charge in [0.05, 0.1) is 0 Å². The first-order chi connectivity index (χ1) is 7.25. The van der Waals surface area contributed by atoms with Gasteiger partial charge in [0.15, 0.2) is 5.82 Å². The van der Waals surface area contributed by atoms with Crippen LogP contribution in [0.3, 0.4) is 0 Å². The first kappa shape index (κ1) is 10.4. The van der Waals surface area contributed by atoms with E-state index in [1.54, 1.807) is 0 Å². The van der Waals surface area contributed by atoms with Crippen LogP contribution >= 0.6 is 0 Å². The Hall–Kier alpha value is -1.10. The summed E-state index contributed by atoms with van der Waals surface area (Å²) in [6.07, 6.45) is 1.22. The molecule has 1 unspecified atom stereocenters. The van der Waals surface area contributed by atoms with Crippen molar-refractivity contribution in [2.75, 3.05) is 25.0 Å². The van der Waals surface area contributed by atoms with Gasteiger partial charge in [-0.15, -0.1) is 0 Å². The number of hydrogen-bond acceptors (Lipinski definition) is 5. The lowest BCUT2D eigenvalue weighted by molar-refractivity contribution is 0.416. The third-order valence-corrected chi connectivity index (χ3v) is 2.66. The van der Waals surface area contributed by atoms with Gasteiger partial charge in [0, 0.05) is 12.5 Å². The van der Waals surface area contributed by atoms with Gasteiger partial charge >= 0.3 is 6.01 Å². The van der Waals surface area contributed by atoms with E-state index in [-0.39, 0.29) is 0 Å². The van der Waals surface area contributed by atoms with Crippen molar-refractivity contribution < 1.29 is 4.52 Å². The van der Waals surface area contributed by atoms with Crippen LogP contribution in [0.1, 0.15) is 32.0 Å². The minimum Gasteiger partial charge on any atom is -0.337 e. The highest BCUT2D eigenvalue weighted by Crippen LogP contribution is 2.14. The molecule has 0 aliphatic carbocycles. The first-order valence-corrected chi connectivity index (χ1v) is 5.54. The summed E-state index contributed by atoms with van der Waals surface area (Å²) in [7, 11) is 0. The number of nitrogens with one attached hydrogen (secondary N) is 2. The quantitative estimate of drug-likeness (QED) is 0.782. The largest absolute Gasteiger partial charge is 0.337 e. The fourth-order valence-corrected chi connectivity index (χ4v) is 1.66. The molecule has 0 bridgehead atoms. The van der Waals surface area contributed by atoms with Gasteiger partial charge in [-0.25, -0.2) is 0 Å². The van der Waals surface area contributed by atoms with Gasteiger partial charge in [0.1, 0.15) is 0 Å². The fraction of sp³-hybridized carbons (Fsp3) is 0.800. The highest BCUT2D eigenvalue weighted by molar-refractivity contribution is 5.19. The van der Waals surface area contributed by atoms with E-state index >= 15 is 0 Å². The molecule has 84 valence electrons. The molecule has 2 rings (SSSR count). The van der Waals surface area contributed by atoms with Gasteiger partial charge in [0.25, 0.3) is 0 Å². The second-order valence-corrected chi connectivity index (χ2v) is 4.35. The maximum Gasteiger partial charge on any atom is 0.321 e. The Balaban J connectivity index is 1.82. The zero-order chi connectivity index (χ0) is 10.7. The molecule has 1 aliphatic heterocycles. The molecule has 1 atom stereocenters. The molecule has 1 saturated heterocycles. The summed E-state index contributed by atoms with van der Waals surface area (Å²) in [5.41, 5.74) is 0. The predicted octanol–water partition coefficient (Wildman–Crippen LogP) is 1.21. The van der Waals surface area contributed by atoms with E-state index in [0.29, 0.717) is 17.9 Å². The van der Waals surface area contributed by atoms with Crippen LogP contribution in [0.15, 0.2) is 4.52 Å². The molecule has 0 spiro atoms. The Morgan fingerprint density at radius 3 is 3.07 bits per heavy atom. The van der Waals surface area contributed by atoms with Crippen molar-refractivity contribution in [1.82, 2.24) is 15.5 Å². The summed E-state index contributed by atoms with van der Waals surface area (Å²) in [6, 6.07) is 0.547. The standard InChI is InChI=1S/C10H18N4O/c1-7(2)9-13-10(15-14-9)12-6-8-3-4-11-5-8/h7-8,11H,3-6H2,1-2H3,(H,12,13,14). The van der Waals surface area contributed by atoms with E-state index in [2.05, 4.69) is 34.6 Å². The van der Waals surface area contributed by atoms with Crippen molar-refractivity contribution in [3.63, 3.8) is 0 Å². The monoisotopic (exact) mass is 210 g/mol. The third-order valence-electron chi connectivity index (χ3n) is 2.66. The molecule has 2 N–H and O–H groups in total. The molecule has 1 aliphatic rings. The molecule has 15 heavy (non-hydrogen) atoms. The van der Waals surface area contributed by atoms with Gasteiger partial charge in [-0.3, -0.25) is 0 Å². The van der Waals surface area contributed by atoms with Crippen molar-refractivity contribution in [2.45, 2.75) is 26.2 Å². The van der Waals surface area contributed by atoms with E-state index in [4.69, 9.17) is 4.52 Å². The molecule has 0 radical (unpaired) electrons. The van der Waals surface area contributed by atoms with E-state index < -0.39 is 0 Å². The second-order valence-electron chi connectivity index (χ2n) is 4.35. The minimum atomic E-state index is 0.317. The highest BCUT2D eigenvalue weighted by atomic mass is 16.5. The summed E-state index contributed by atoms with van der Waals surface area (Å²) >= 11 is 0. The Labute approximate surface area is 89.6 Å². The lowest BCUT2D eigenvalue weighted by Gasteiger charge is -2.06. The molecular weight excluding hydrogens is 192 g/mol. The third kappa shape index (κ3) is 2.68. The zero-order valence-electron chi connectivity index (χ0n) is 9.29. The molecule has 1 aromatic heterocycles. The van der Waals surface area contributed by atoms with Crippen molar-refractivity contribution >= 4 is 6.01 Å². The molecule has 0 aromatic carbocycles. The van der Waals surface area contributed by atoms with Crippen LogP contribution in [0.4, 0.5) is 6.01 Å². The Bertz CT molecular complexity index is 304. The summed E-state index contributed by atoms with van der Waals surface area (Å²) < 4.78 is 5.09. The fourth-order valence-electron chi connectivity index (χ4n) is 1.66. The number of hydrogen-bond donors (Lipinski definition) is 2. The molecule has 5 heteroatoms. The van der Waals surface area contributed by atoms with E-state index in [9.17, 15) is 0 Å². The van der Waals surface area contributed by atoms with Crippen LogP contribution in [0.25, 0.3) is 0 Å². The maximum atomic E-state index is 5.09. The van der Waals surface area contributed by atoms with Gasteiger partial charge in [0.2, 0.25) is 0 Å². The van der Waals surface area contributed by atoms with Crippen LogP contribution in [0, 0.1) is 5.92 Å². The molecular formula is C10H18N4O. The SMILES string of the molecule is CC(C)c1noc(NCC2CCNC2)n1. The van der Waals surface area contributed by atoms with Crippen molar-refractivity contribution in [1.29, 1.82) is 0 Å². The van der Waals surface area contributed by atoms with Gasteiger partial charge < -0.3 is 15.2 Å². The van der Waals surface area contributed by atoms with Gasteiger partial charge in [-0.2, -0.15) is 4.98 Å². The Morgan fingerprint density at radius 2 is 2.47 bits per heavy atom. The van der Waals surface area contributed by atoms with Crippen LogP contribution < -0.4 is 10.6 Å². The van der Waals surface area contributed by atoms with E-state index in [1.165, 1.54) is 6.42 Å². The molecule has 2 heterocycles. The molecule has 1 fully saturated rings. The van der Waals surface area contributed by atoms with E-state index in [0.717, 1.165) is 25.5 Å². The number of nitrogens with zero attached hydrogens (tertiary/aromatic N) is 2. The average Bonchev–Trinajstić information content (AvgIpc) is 2.86. The van der Waals surface area contributed by atoms with Crippen LogP contribution in [-0.2, 0) is 0 Å². The summed E-state index contributed by atoms with van der Waals surface area (Å²) in [6.45, 7) is 7.21. The van der Waals surface area contributed by atoms with Crippen LogP contribution in [0.5, 0.6) is 0 Å². The number of anilines is 1. The summed E-state index contributed by atoms with van der Waals surface area (Å²) in [5.74, 6) is 1.76. The van der Waals surface area contributed by atoms with Crippen molar-refractivity contribution in [3.05, 3.63) is 5.82 Å². The van der Waals surface area contributed by atoms with Gasteiger partial charge in [-0.1, -0.05) is 19.0 Å². The lowest BCUT2D eigenvalue weighted by Crippen LogP contribution is -2.17. The Kier molecular flexibility index (Phi) is 3.20. The van der Waals surface area contributed by atoms with Crippen molar-refractivity contribution in [2.24, 2.45) is 5.92 Å². The molecule has 0 saturated carbocycles. The highest BCUT2D eigenvalue weighted by Gasteiger charge is 2.15. The minimum absolute atomic E-state index is 0.317. The van der Waals surface area contributed by atoms with E-state index in [1.807, 2.05) is 0 Å². The predicted molar refractivity (Wildman–Crippen MR) is 57.9 cm³/mol. The average molecular weight is 210 g/mol. The second kappa shape index (κ2) is 4.61. The summed E-state index contributed by atoms with van der Waals surface area (Å²) in [4.78, 5) is 4.26. The van der Waals surface area contributed by atoms with Crippen LogP contribution in [0.2, 0.25) is 0 Å². The topological polar surface area (TPSA) is 63.0 Å². The lowest BCUT2D eigenvalue weighted by atomic mass is 10.1. The maximum absolute atomic E-state index is 5.09. The van der Waals surface area contributed by atoms with Crippen LogP contribution in [-0.4, -0.2) is 29.8 Å². The van der Waals surface area contributed by atoms with Gasteiger partial charge in [-0.05, 0) is 25.4 Å². The summed E-state index contributed by atoms with van der Waals surface area (Å²) in [5, 5.41) is 10.4. The van der Waals surface area contributed by atoms with Crippen molar-refractivity contribution in [3.8, 4) is 0 Å². The first-order valence-electron chi connectivity index (χ1n) is 5.54. The Morgan fingerprint density at radius 1 is 1.60 bits per heavy atom. The molecule has 5 nitrogen and oxygen atoms in total. The number of rotatable bonds is 4. The molecule has 0 amide bonds.